The van der Waals surface area contributed by atoms with Gasteiger partial charge in [-0.2, -0.15) is 0 Å². The Bertz CT molecular complexity index is 238. The molecule has 0 aromatic rings. The first-order valence-electron chi connectivity index (χ1n) is 4.15. The maximum Gasteiger partial charge on any atom is 0.342 e. The van der Waals surface area contributed by atoms with Crippen molar-refractivity contribution in [3.8, 4) is 0 Å². The van der Waals surface area contributed by atoms with E-state index in [1.54, 1.807) is 0 Å². The third-order valence-corrected chi connectivity index (χ3v) is 1.88. The van der Waals surface area contributed by atoms with Gasteiger partial charge >= 0.3 is 11.9 Å². The van der Waals surface area contributed by atoms with Gasteiger partial charge in [0.2, 0.25) is 8.67 Å². The highest BCUT2D eigenvalue weighted by Crippen LogP contribution is 2.22. The number of ether oxygens (including phenoxy) is 2. The molecule has 94 valence electrons. The minimum absolute atomic E-state index is 0.177. The van der Waals surface area contributed by atoms with Crippen LogP contribution in [0, 0.1) is 0 Å². The number of hydrogen-bond acceptors (Lipinski definition) is 4. The van der Waals surface area contributed by atoms with E-state index in [9.17, 15) is 9.59 Å². The number of carbonyl (C=O) groups excluding carboxylic acids is 2. The van der Waals surface area contributed by atoms with Crippen LogP contribution in [0.25, 0.3) is 0 Å². The van der Waals surface area contributed by atoms with Crippen LogP contribution in [0.5, 0.6) is 0 Å². The quantitative estimate of drug-likeness (QED) is 0.444. The van der Waals surface area contributed by atoms with Gasteiger partial charge in [-0.05, 0) is 13.8 Å². The molecule has 16 heavy (non-hydrogen) atoms. The number of esters is 2. The summed E-state index contributed by atoms with van der Waals surface area (Å²) in [5.41, 5.74) is 0. The van der Waals surface area contributed by atoms with Crippen LogP contribution in [0.15, 0.2) is 0 Å². The van der Waals surface area contributed by atoms with Crippen molar-refractivity contribution in [1.29, 1.82) is 0 Å². The Labute approximate surface area is 113 Å². The molecular weight excluding hydrogens is 302 g/mol. The van der Waals surface area contributed by atoms with Crippen molar-refractivity contribution < 1.29 is 19.1 Å². The SMILES string of the molecule is CC(Cl)(Cl)C(=O)OCCOC(=O)C(C)(Cl)Cl. The standard InChI is InChI=1S/C8H10Cl4O4/c1-7(9,10)5(13)15-3-4-16-6(14)8(2,11)12/h3-4H2,1-2H3. The molecule has 0 aliphatic rings. The Morgan fingerprint density at radius 2 is 1.12 bits per heavy atom. The van der Waals surface area contributed by atoms with Crippen LogP contribution in [0.1, 0.15) is 13.8 Å². The summed E-state index contributed by atoms with van der Waals surface area (Å²) in [5, 5.41) is 0. The van der Waals surface area contributed by atoms with Crippen molar-refractivity contribution in [1.82, 2.24) is 0 Å². The molecule has 0 aromatic heterocycles. The Morgan fingerprint density at radius 3 is 1.31 bits per heavy atom. The molecule has 4 nitrogen and oxygen atoms in total. The van der Waals surface area contributed by atoms with Gasteiger partial charge in [0, 0.05) is 0 Å². The van der Waals surface area contributed by atoms with E-state index in [0.717, 1.165) is 0 Å². The number of rotatable bonds is 5. The second-order valence-electron chi connectivity index (χ2n) is 3.05. The summed E-state index contributed by atoms with van der Waals surface area (Å²) in [6, 6.07) is 0. The Kier molecular flexibility index (Phi) is 6.18. The molecular formula is C8H10Cl4O4. The zero-order valence-corrected chi connectivity index (χ0v) is 11.6. The summed E-state index contributed by atoms with van der Waals surface area (Å²) < 4.78 is 5.95. The van der Waals surface area contributed by atoms with E-state index in [0.29, 0.717) is 0 Å². The fourth-order valence-electron chi connectivity index (χ4n) is 0.522. The second kappa shape index (κ2) is 6.15. The molecule has 0 rings (SSSR count). The highest BCUT2D eigenvalue weighted by molar-refractivity contribution is 6.57. The highest BCUT2D eigenvalue weighted by atomic mass is 35.5. The van der Waals surface area contributed by atoms with E-state index in [1.165, 1.54) is 13.8 Å². The molecule has 0 atom stereocenters. The normalized spacial score (nSPS) is 12.1. The van der Waals surface area contributed by atoms with Crippen molar-refractivity contribution in [3.63, 3.8) is 0 Å². The topological polar surface area (TPSA) is 52.6 Å². The van der Waals surface area contributed by atoms with Crippen LogP contribution in [0.4, 0.5) is 0 Å². The maximum absolute atomic E-state index is 11.0. The molecule has 0 saturated heterocycles. The molecule has 0 bridgehead atoms. The summed E-state index contributed by atoms with van der Waals surface area (Å²) in [4.78, 5) is 22.1. The smallest absolute Gasteiger partial charge is 0.342 e. The van der Waals surface area contributed by atoms with Crippen LogP contribution < -0.4 is 0 Å². The third kappa shape index (κ3) is 6.63. The van der Waals surface area contributed by atoms with E-state index >= 15 is 0 Å². The molecule has 0 fully saturated rings. The van der Waals surface area contributed by atoms with Gasteiger partial charge in [0.25, 0.3) is 0 Å². The van der Waals surface area contributed by atoms with Crippen LogP contribution >= 0.6 is 46.4 Å². The van der Waals surface area contributed by atoms with E-state index in [-0.39, 0.29) is 13.2 Å². The maximum atomic E-state index is 11.0. The first-order valence-corrected chi connectivity index (χ1v) is 5.66. The molecule has 8 heteroatoms. The monoisotopic (exact) mass is 310 g/mol. The molecule has 0 aliphatic heterocycles. The summed E-state index contributed by atoms with van der Waals surface area (Å²) in [6.45, 7) is 2.17. The third-order valence-electron chi connectivity index (χ3n) is 1.27. The molecule has 0 heterocycles. The lowest BCUT2D eigenvalue weighted by Gasteiger charge is -2.14. The molecule has 0 radical (unpaired) electrons. The fraction of sp³-hybridized carbons (Fsp3) is 0.750. The molecule has 0 amide bonds. The lowest BCUT2D eigenvalue weighted by molar-refractivity contribution is -0.152. The number of carbonyl (C=O) groups is 2. The van der Waals surface area contributed by atoms with Gasteiger partial charge in [0.05, 0.1) is 0 Å². The van der Waals surface area contributed by atoms with Crippen molar-refractivity contribution >= 4 is 58.3 Å². The molecule has 0 unspecified atom stereocenters. The summed E-state index contributed by atoms with van der Waals surface area (Å²) >= 11 is 21.8. The van der Waals surface area contributed by atoms with Gasteiger partial charge in [-0.25, -0.2) is 9.59 Å². The van der Waals surface area contributed by atoms with E-state index in [1.807, 2.05) is 0 Å². The zero-order chi connectivity index (χ0) is 13.0. The number of hydrogen-bond donors (Lipinski definition) is 0. The minimum atomic E-state index is -1.63. The minimum Gasteiger partial charge on any atom is -0.460 e. The fourth-order valence-corrected chi connectivity index (χ4v) is 0.740. The summed E-state index contributed by atoms with van der Waals surface area (Å²) in [6.07, 6.45) is 0. The molecule has 0 N–H and O–H groups in total. The van der Waals surface area contributed by atoms with Crippen LogP contribution in [0.3, 0.4) is 0 Å². The first-order chi connectivity index (χ1) is 7.05. The van der Waals surface area contributed by atoms with Crippen molar-refractivity contribution in [2.45, 2.75) is 22.5 Å². The van der Waals surface area contributed by atoms with Crippen LogP contribution in [-0.4, -0.2) is 33.8 Å². The van der Waals surface area contributed by atoms with E-state index in [4.69, 9.17) is 46.4 Å². The predicted molar refractivity (Wildman–Crippen MR) is 62.1 cm³/mol. The summed E-state index contributed by atoms with van der Waals surface area (Å²) in [7, 11) is 0. The Hall–Kier alpha value is 0.1000. The second-order valence-corrected chi connectivity index (χ2v) is 6.46. The van der Waals surface area contributed by atoms with Crippen LogP contribution in [-0.2, 0) is 19.1 Å². The Morgan fingerprint density at radius 1 is 0.875 bits per heavy atom. The van der Waals surface area contributed by atoms with E-state index in [2.05, 4.69) is 9.47 Å². The average Bonchev–Trinajstić information content (AvgIpc) is 2.08. The van der Waals surface area contributed by atoms with Gasteiger partial charge in [-0.1, -0.05) is 46.4 Å². The molecule has 0 saturated carbocycles. The molecule has 0 aliphatic carbocycles. The van der Waals surface area contributed by atoms with Crippen LogP contribution in [0.2, 0.25) is 0 Å². The van der Waals surface area contributed by atoms with Gasteiger partial charge < -0.3 is 9.47 Å². The predicted octanol–water partition coefficient (Wildman–Crippen LogP) is 2.46. The van der Waals surface area contributed by atoms with Gasteiger partial charge in [0.1, 0.15) is 13.2 Å². The molecule has 0 aromatic carbocycles. The van der Waals surface area contributed by atoms with Gasteiger partial charge in [-0.3, -0.25) is 0 Å². The number of alkyl halides is 4. The first kappa shape index (κ1) is 16.1. The van der Waals surface area contributed by atoms with Gasteiger partial charge in [-0.15, -0.1) is 0 Å². The summed E-state index contributed by atoms with van der Waals surface area (Å²) in [5.74, 6) is -1.65. The van der Waals surface area contributed by atoms with Gasteiger partial charge in [0.15, 0.2) is 0 Å². The average molecular weight is 312 g/mol. The molecule has 0 spiro atoms. The van der Waals surface area contributed by atoms with Crippen molar-refractivity contribution in [2.75, 3.05) is 13.2 Å². The van der Waals surface area contributed by atoms with Crippen molar-refractivity contribution in [3.05, 3.63) is 0 Å². The van der Waals surface area contributed by atoms with E-state index < -0.39 is 20.6 Å². The largest absolute Gasteiger partial charge is 0.460 e. The Balaban J connectivity index is 3.79. The zero-order valence-electron chi connectivity index (χ0n) is 8.56. The lowest BCUT2D eigenvalue weighted by atomic mass is 10.5. The number of halogens is 4. The lowest BCUT2D eigenvalue weighted by Crippen LogP contribution is -2.29. The highest BCUT2D eigenvalue weighted by Gasteiger charge is 2.30. The van der Waals surface area contributed by atoms with Crippen molar-refractivity contribution in [2.24, 2.45) is 0 Å².